The number of nitrogens with one attached hydrogen (secondary N) is 2. The van der Waals surface area contributed by atoms with Gasteiger partial charge in [0.1, 0.15) is 0 Å². The number of benzene rings is 2. The van der Waals surface area contributed by atoms with Crippen molar-refractivity contribution < 1.29 is 22.4 Å². The van der Waals surface area contributed by atoms with Crippen LogP contribution in [0.15, 0.2) is 70.9 Å². The van der Waals surface area contributed by atoms with Gasteiger partial charge in [-0.1, -0.05) is 36.4 Å². The zero-order chi connectivity index (χ0) is 12.6. The first-order valence-electron chi connectivity index (χ1n) is 5.42. The maximum Gasteiger partial charge on any atom is 0.232 e. The molecule has 0 aliphatic heterocycles. The Hall–Kier alpha value is -1.53. The normalized spacial score (nSPS) is 9.68. The Morgan fingerprint density at radius 1 is 0.895 bits per heavy atom. The first-order chi connectivity index (χ1) is 8.84. The number of hydrazine groups is 1. The Morgan fingerprint density at radius 2 is 1.47 bits per heavy atom. The smallest absolute Gasteiger partial charge is 0.232 e. The zero-order valence-corrected chi connectivity index (χ0v) is 12.2. The molecule has 1 radical (unpaired) electrons. The van der Waals surface area contributed by atoms with Crippen LogP contribution in [0, 0.1) is 0 Å². The summed E-state index contributed by atoms with van der Waals surface area (Å²) in [6.45, 7) is 0. The molecule has 101 valence electrons. The molecule has 2 rings (SSSR count). The van der Waals surface area contributed by atoms with Crippen LogP contribution in [0.5, 0.6) is 0 Å². The largest absolute Gasteiger partial charge is 0.299 e. The molecule has 0 saturated heterocycles. The standard InChI is InChI=1S/C13H12N4S.Ag/c18-13(16-14-11-7-3-1-4-8-11)17-15-12-9-5-2-6-10-12;/h1-10,14H,(H,16,18);. The van der Waals surface area contributed by atoms with Gasteiger partial charge in [-0.25, -0.2) is 0 Å². The van der Waals surface area contributed by atoms with Crippen molar-refractivity contribution in [3.05, 3.63) is 60.7 Å². The van der Waals surface area contributed by atoms with Crippen molar-refractivity contribution in [2.45, 2.75) is 0 Å². The second kappa shape index (κ2) is 8.55. The molecule has 19 heavy (non-hydrogen) atoms. The molecule has 4 nitrogen and oxygen atoms in total. The molecule has 2 aromatic rings. The van der Waals surface area contributed by atoms with Crippen LogP contribution < -0.4 is 10.9 Å². The van der Waals surface area contributed by atoms with E-state index in [0.717, 1.165) is 11.4 Å². The molecule has 0 aliphatic rings. The van der Waals surface area contributed by atoms with Crippen LogP contribution in [-0.2, 0) is 22.4 Å². The SMILES string of the molecule is S=C(N=Nc1ccccc1)NNc1ccccc1.[Ag]. The van der Waals surface area contributed by atoms with Gasteiger partial charge in [0.2, 0.25) is 5.11 Å². The fraction of sp³-hybridized carbons (Fsp3) is 0. The quantitative estimate of drug-likeness (QED) is 0.378. The molecule has 0 spiro atoms. The zero-order valence-electron chi connectivity index (χ0n) is 9.88. The third-order valence-corrected chi connectivity index (χ3v) is 2.28. The summed E-state index contributed by atoms with van der Waals surface area (Å²) in [6.07, 6.45) is 0. The maximum absolute atomic E-state index is 5.02. The summed E-state index contributed by atoms with van der Waals surface area (Å²) in [6, 6.07) is 19.1. The molecule has 0 fully saturated rings. The molecule has 0 saturated carbocycles. The molecule has 0 heterocycles. The van der Waals surface area contributed by atoms with Crippen LogP contribution in [-0.4, -0.2) is 5.11 Å². The number of thiocarbonyl (C=S) groups is 1. The van der Waals surface area contributed by atoms with E-state index in [0.29, 0.717) is 0 Å². The van der Waals surface area contributed by atoms with E-state index < -0.39 is 0 Å². The van der Waals surface area contributed by atoms with E-state index in [2.05, 4.69) is 21.1 Å². The van der Waals surface area contributed by atoms with Gasteiger partial charge in [0.15, 0.2) is 0 Å². The van der Waals surface area contributed by atoms with Gasteiger partial charge in [0, 0.05) is 22.4 Å². The van der Waals surface area contributed by atoms with Crippen molar-refractivity contribution in [1.82, 2.24) is 5.43 Å². The van der Waals surface area contributed by atoms with Crippen molar-refractivity contribution in [3.63, 3.8) is 0 Å². The van der Waals surface area contributed by atoms with Crippen LogP contribution in [0.2, 0.25) is 0 Å². The molecule has 0 bridgehead atoms. The molecule has 0 unspecified atom stereocenters. The number of anilines is 1. The Labute approximate surface area is 132 Å². The van der Waals surface area contributed by atoms with Gasteiger partial charge >= 0.3 is 0 Å². The van der Waals surface area contributed by atoms with Crippen LogP contribution >= 0.6 is 12.2 Å². The van der Waals surface area contributed by atoms with Gasteiger partial charge in [0.05, 0.1) is 11.4 Å². The van der Waals surface area contributed by atoms with Crippen molar-refractivity contribution in [2.24, 2.45) is 10.2 Å². The summed E-state index contributed by atoms with van der Waals surface area (Å²) >= 11 is 5.02. The van der Waals surface area contributed by atoms with Gasteiger partial charge in [0.25, 0.3) is 0 Å². The van der Waals surface area contributed by atoms with E-state index in [-0.39, 0.29) is 27.5 Å². The molecule has 0 aliphatic carbocycles. The van der Waals surface area contributed by atoms with E-state index in [1.807, 2.05) is 60.7 Å². The molecule has 0 aromatic heterocycles. The predicted molar refractivity (Wildman–Crippen MR) is 76.8 cm³/mol. The summed E-state index contributed by atoms with van der Waals surface area (Å²) in [5.41, 5.74) is 7.40. The van der Waals surface area contributed by atoms with E-state index in [1.54, 1.807) is 0 Å². The summed E-state index contributed by atoms with van der Waals surface area (Å²) in [7, 11) is 0. The predicted octanol–water partition coefficient (Wildman–Crippen LogP) is 3.67. The number of nitrogens with zero attached hydrogens (tertiary/aromatic N) is 2. The molecule has 0 amide bonds. The molecule has 0 atom stereocenters. The van der Waals surface area contributed by atoms with E-state index in [4.69, 9.17) is 12.2 Å². The van der Waals surface area contributed by atoms with Gasteiger partial charge in [-0.2, -0.15) is 0 Å². The third kappa shape index (κ3) is 5.76. The summed E-state index contributed by atoms with van der Waals surface area (Å²) in [5.74, 6) is 0. The number of rotatable bonds is 3. The molecule has 2 N–H and O–H groups in total. The molecule has 2 aromatic carbocycles. The maximum atomic E-state index is 5.02. The third-order valence-electron chi connectivity index (χ3n) is 2.10. The fourth-order valence-electron chi connectivity index (χ4n) is 1.27. The number of azo groups is 1. The monoisotopic (exact) mass is 363 g/mol. The topological polar surface area (TPSA) is 48.8 Å². The average molecular weight is 364 g/mol. The van der Waals surface area contributed by atoms with Gasteiger partial charge in [-0.3, -0.25) is 10.9 Å². The van der Waals surface area contributed by atoms with Crippen molar-refractivity contribution >= 4 is 28.7 Å². The molecule has 6 heteroatoms. The minimum absolute atomic E-state index is 0. The van der Waals surface area contributed by atoms with E-state index in [1.165, 1.54) is 0 Å². The first kappa shape index (κ1) is 15.5. The van der Waals surface area contributed by atoms with Crippen molar-refractivity contribution in [1.29, 1.82) is 0 Å². The Kier molecular flexibility index (Phi) is 6.99. The van der Waals surface area contributed by atoms with Crippen LogP contribution in [0.25, 0.3) is 0 Å². The summed E-state index contributed by atoms with van der Waals surface area (Å²) in [5, 5.41) is 8.17. The number of hydrogen-bond acceptors (Lipinski definition) is 3. The second-order valence-corrected chi connectivity index (χ2v) is 3.84. The average Bonchev–Trinajstić information content (AvgIpc) is 2.45. The molecular weight excluding hydrogens is 352 g/mol. The minimum Gasteiger partial charge on any atom is -0.299 e. The number of para-hydroxylation sites is 1. The number of hydrogen-bond donors (Lipinski definition) is 2. The first-order valence-corrected chi connectivity index (χ1v) is 5.83. The second-order valence-electron chi connectivity index (χ2n) is 3.46. The van der Waals surface area contributed by atoms with Gasteiger partial charge in [-0.15, -0.1) is 10.2 Å². The van der Waals surface area contributed by atoms with E-state index in [9.17, 15) is 0 Å². The molecular formula is C13H12AgN4S. The minimum atomic E-state index is 0. The van der Waals surface area contributed by atoms with E-state index >= 15 is 0 Å². The Bertz CT molecular complexity index is 531. The fourth-order valence-corrected chi connectivity index (χ4v) is 1.36. The van der Waals surface area contributed by atoms with Crippen molar-refractivity contribution in [3.8, 4) is 0 Å². The van der Waals surface area contributed by atoms with Crippen LogP contribution in [0.1, 0.15) is 0 Å². The summed E-state index contributed by atoms with van der Waals surface area (Å²) in [4.78, 5) is 0. The summed E-state index contributed by atoms with van der Waals surface area (Å²) < 4.78 is 0. The van der Waals surface area contributed by atoms with Gasteiger partial charge < -0.3 is 0 Å². The Balaban J connectivity index is 0.00000180. The van der Waals surface area contributed by atoms with Crippen LogP contribution in [0.3, 0.4) is 0 Å². The van der Waals surface area contributed by atoms with Gasteiger partial charge in [-0.05, 0) is 36.5 Å². The van der Waals surface area contributed by atoms with Crippen molar-refractivity contribution in [2.75, 3.05) is 5.43 Å². The Morgan fingerprint density at radius 3 is 2.11 bits per heavy atom. The van der Waals surface area contributed by atoms with Crippen LogP contribution in [0.4, 0.5) is 11.4 Å².